The largest absolute Gasteiger partial charge is 0.481 e. The molecule has 1 saturated heterocycles. The van der Waals surface area contributed by atoms with Gasteiger partial charge in [-0.2, -0.15) is 0 Å². The Balaban J connectivity index is 1.98. The SMILES string of the molecule is CC1CC(C(=O)O)CCN1C(=O)Nc1cccc(Br)c1. The average Bonchev–Trinajstić information content (AvgIpc) is 2.38. The number of carbonyl (C=O) groups excluding carboxylic acids is 1. The van der Waals surface area contributed by atoms with E-state index in [1.165, 1.54) is 0 Å². The van der Waals surface area contributed by atoms with Gasteiger partial charge in [0.05, 0.1) is 5.92 Å². The van der Waals surface area contributed by atoms with Crippen molar-refractivity contribution in [3.8, 4) is 0 Å². The van der Waals surface area contributed by atoms with Crippen molar-refractivity contribution in [3.63, 3.8) is 0 Å². The number of hydrogen-bond donors (Lipinski definition) is 2. The highest BCUT2D eigenvalue weighted by atomic mass is 79.9. The summed E-state index contributed by atoms with van der Waals surface area (Å²) < 4.78 is 0.896. The summed E-state index contributed by atoms with van der Waals surface area (Å²) in [6, 6.07) is 7.12. The van der Waals surface area contributed by atoms with Crippen LogP contribution in [-0.4, -0.2) is 34.6 Å². The molecule has 0 radical (unpaired) electrons. The third-order valence-corrected chi connectivity index (χ3v) is 4.06. The number of aliphatic carboxylic acids is 1. The van der Waals surface area contributed by atoms with Gasteiger partial charge in [0.15, 0.2) is 0 Å². The van der Waals surface area contributed by atoms with Gasteiger partial charge in [0, 0.05) is 22.7 Å². The summed E-state index contributed by atoms with van der Waals surface area (Å²) >= 11 is 3.35. The van der Waals surface area contributed by atoms with E-state index < -0.39 is 5.97 Å². The van der Waals surface area contributed by atoms with Crippen molar-refractivity contribution < 1.29 is 14.7 Å². The van der Waals surface area contributed by atoms with Gasteiger partial charge in [-0.15, -0.1) is 0 Å². The average molecular weight is 341 g/mol. The molecule has 1 aliphatic rings. The lowest BCUT2D eigenvalue weighted by Crippen LogP contribution is -2.47. The van der Waals surface area contributed by atoms with Crippen LogP contribution < -0.4 is 5.32 Å². The molecule has 0 aromatic heterocycles. The van der Waals surface area contributed by atoms with E-state index in [1.54, 1.807) is 4.90 Å². The van der Waals surface area contributed by atoms with Crippen LogP contribution in [0.25, 0.3) is 0 Å². The first-order valence-electron chi connectivity index (χ1n) is 6.53. The zero-order chi connectivity index (χ0) is 14.7. The van der Waals surface area contributed by atoms with Crippen LogP contribution >= 0.6 is 15.9 Å². The number of carboxylic acid groups (broad SMARTS) is 1. The van der Waals surface area contributed by atoms with Crippen molar-refractivity contribution in [2.45, 2.75) is 25.8 Å². The molecular formula is C14H17BrN2O3. The van der Waals surface area contributed by atoms with Crippen LogP contribution in [0.4, 0.5) is 10.5 Å². The van der Waals surface area contributed by atoms with Gasteiger partial charge in [-0.1, -0.05) is 22.0 Å². The zero-order valence-electron chi connectivity index (χ0n) is 11.2. The molecule has 1 heterocycles. The number of rotatable bonds is 2. The molecule has 0 aliphatic carbocycles. The van der Waals surface area contributed by atoms with E-state index in [-0.39, 0.29) is 18.0 Å². The predicted octanol–water partition coefficient (Wildman–Crippen LogP) is 3.17. The van der Waals surface area contributed by atoms with E-state index >= 15 is 0 Å². The fourth-order valence-corrected chi connectivity index (χ4v) is 2.86. The summed E-state index contributed by atoms with van der Waals surface area (Å²) in [5.41, 5.74) is 0.719. The Bertz CT molecular complexity index is 521. The molecule has 1 aromatic carbocycles. The number of nitrogens with zero attached hydrogens (tertiary/aromatic N) is 1. The van der Waals surface area contributed by atoms with Crippen LogP contribution in [0.3, 0.4) is 0 Å². The Morgan fingerprint density at radius 3 is 2.80 bits per heavy atom. The van der Waals surface area contributed by atoms with E-state index in [1.807, 2.05) is 31.2 Å². The smallest absolute Gasteiger partial charge is 0.322 e. The fourth-order valence-electron chi connectivity index (χ4n) is 2.46. The Morgan fingerprint density at radius 1 is 1.45 bits per heavy atom. The van der Waals surface area contributed by atoms with Gasteiger partial charge in [-0.3, -0.25) is 4.79 Å². The molecule has 20 heavy (non-hydrogen) atoms. The minimum Gasteiger partial charge on any atom is -0.481 e. The molecule has 2 amide bonds. The van der Waals surface area contributed by atoms with Crippen LogP contribution in [0.5, 0.6) is 0 Å². The van der Waals surface area contributed by atoms with Crippen molar-refractivity contribution in [1.29, 1.82) is 0 Å². The van der Waals surface area contributed by atoms with Gasteiger partial charge in [0.1, 0.15) is 0 Å². The normalized spacial score (nSPS) is 22.4. The molecule has 2 N–H and O–H groups in total. The summed E-state index contributed by atoms with van der Waals surface area (Å²) in [5.74, 6) is -1.12. The van der Waals surface area contributed by atoms with Gasteiger partial charge < -0.3 is 15.3 Å². The van der Waals surface area contributed by atoms with Crippen LogP contribution in [-0.2, 0) is 4.79 Å². The highest BCUT2D eigenvalue weighted by Gasteiger charge is 2.32. The number of piperidine rings is 1. The lowest BCUT2D eigenvalue weighted by atomic mass is 9.92. The number of urea groups is 1. The first kappa shape index (κ1) is 14.8. The third kappa shape index (κ3) is 3.50. The first-order chi connectivity index (χ1) is 9.47. The number of hydrogen-bond acceptors (Lipinski definition) is 2. The van der Waals surface area contributed by atoms with E-state index in [9.17, 15) is 9.59 Å². The van der Waals surface area contributed by atoms with Crippen LogP contribution in [0.15, 0.2) is 28.7 Å². The molecule has 1 aliphatic heterocycles. The number of carboxylic acids is 1. The maximum Gasteiger partial charge on any atom is 0.322 e. The standard InChI is InChI=1S/C14H17BrN2O3/c1-9-7-10(13(18)19)5-6-17(9)14(20)16-12-4-2-3-11(15)8-12/h2-4,8-10H,5-7H2,1H3,(H,16,20)(H,18,19). The Hall–Kier alpha value is -1.56. The Morgan fingerprint density at radius 2 is 2.20 bits per heavy atom. The summed E-state index contributed by atoms with van der Waals surface area (Å²) in [6.07, 6.45) is 1.01. The highest BCUT2D eigenvalue weighted by Crippen LogP contribution is 2.24. The minimum atomic E-state index is -0.774. The van der Waals surface area contributed by atoms with Crippen LogP contribution in [0.2, 0.25) is 0 Å². The molecule has 0 spiro atoms. The van der Waals surface area contributed by atoms with Gasteiger partial charge in [-0.05, 0) is 38.0 Å². The molecule has 2 atom stereocenters. The maximum absolute atomic E-state index is 12.2. The number of likely N-dealkylation sites (tertiary alicyclic amines) is 1. The lowest BCUT2D eigenvalue weighted by Gasteiger charge is -2.36. The van der Waals surface area contributed by atoms with E-state index in [2.05, 4.69) is 21.2 Å². The second kappa shape index (κ2) is 6.26. The molecule has 1 aromatic rings. The van der Waals surface area contributed by atoms with Crippen molar-refractivity contribution in [2.75, 3.05) is 11.9 Å². The second-order valence-electron chi connectivity index (χ2n) is 5.04. The maximum atomic E-state index is 12.2. The van der Waals surface area contributed by atoms with E-state index in [0.29, 0.717) is 19.4 Å². The van der Waals surface area contributed by atoms with Crippen LogP contribution in [0, 0.1) is 5.92 Å². The number of amides is 2. The molecule has 2 unspecified atom stereocenters. The lowest BCUT2D eigenvalue weighted by molar-refractivity contribution is -0.143. The predicted molar refractivity (Wildman–Crippen MR) is 79.7 cm³/mol. The first-order valence-corrected chi connectivity index (χ1v) is 7.32. The quantitative estimate of drug-likeness (QED) is 0.868. The zero-order valence-corrected chi connectivity index (χ0v) is 12.8. The number of benzene rings is 1. The van der Waals surface area contributed by atoms with Crippen molar-refractivity contribution in [1.82, 2.24) is 4.90 Å². The van der Waals surface area contributed by atoms with Gasteiger partial charge in [0.2, 0.25) is 0 Å². The monoisotopic (exact) mass is 340 g/mol. The number of nitrogens with one attached hydrogen (secondary N) is 1. The van der Waals surface area contributed by atoms with Gasteiger partial charge >= 0.3 is 12.0 Å². The molecule has 0 saturated carbocycles. The van der Waals surface area contributed by atoms with E-state index in [4.69, 9.17) is 5.11 Å². The number of halogens is 1. The molecule has 5 nitrogen and oxygen atoms in total. The van der Waals surface area contributed by atoms with Crippen molar-refractivity contribution in [2.24, 2.45) is 5.92 Å². The Labute approximate surface area is 126 Å². The Kier molecular flexibility index (Phi) is 4.65. The molecule has 6 heteroatoms. The second-order valence-corrected chi connectivity index (χ2v) is 5.96. The fraction of sp³-hybridized carbons (Fsp3) is 0.429. The summed E-state index contributed by atoms with van der Waals surface area (Å²) in [5, 5.41) is 11.9. The van der Waals surface area contributed by atoms with Gasteiger partial charge in [0.25, 0.3) is 0 Å². The van der Waals surface area contributed by atoms with Crippen molar-refractivity contribution >= 4 is 33.6 Å². The molecule has 2 rings (SSSR count). The number of anilines is 1. The molecule has 108 valence electrons. The third-order valence-electron chi connectivity index (χ3n) is 3.56. The van der Waals surface area contributed by atoms with E-state index in [0.717, 1.165) is 10.2 Å². The summed E-state index contributed by atoms with van der Waals surface area (Å²) in [6.45, 7) is 2.35. The van der Waals surface area contributed by atoms with Gasteiger partial charge in [-0.25, -0.2) is 4.79 Å². The molecule has 0 bridgehead atoms. The highest BCUT2D eigenvalue weighted by molar-refractivity contribution is 9.10. The topological polar surface area (TPSA) is 69.6 Å². The molecule has 1 fully saturated rings. The minimum absolute atomic E-state index is 0.0722. The van der Waals surface area contributed by atoms with Crippen molar-refractivity contribution in [3.05, 3.63) is 28.7 Å². The van der Waals surface area contributed by atoms with Crippen LogP contribution in [0.1, 0.15) is 19.8 Å². The summed E-state index contributed by atoms with van der Waals surface area (Å²) in [7, 11) is 0. The molecular weight excluding hydrogens is 324 g/mol. The number of carbonyl (C=O) groups is 2. The summed E-state index contributed by atoms with van der Waals surface area (Å²) in [4.78, 5) is 24.9.